The average Bonchev–Trinajstić information content (AvgIpc) is 2.42. The van der Waals surface area contributed by atoms with Gasteiger partial charge in [0.05, 0.1) is 20.3 Å². The van der Waals surface area contributed by atoms with Gasteiger partial charge in [0, 0.05) is 5.56 Å². The molecule has 1 rings (SSSR count). The van der Waals surface area contributed by atoms with Crippen molar-refractivity contribution < 1.29 is 19.0 Å². The second-order valence-corrected chi connectivity index (χ2v) is 5.32. The van der Waals surface area contributed by atoms with Crippen LogP contribution in [0.15, 0.2) is 18.2 Å². The van der Waals surface area contributed by atoms with Crippen molar-refractivity contribution in [3.63, 3.8) is 0 Å². The van der Waals surface area contributed by atoms with Crippen LogP contribution in [0.5, 0.6) is 11.5 Å². The molecule has 1 aromatic rings. The number of alkyl carbamates (subject to hydrolysis) is 1. The van der Waals surface area contributed by atoms with Crippen LogP contribution < -0.4 is 14.8 Å². The topological polar surface area (TPSA) is 80.6 Å². The Morgan fingerprint density at radius 1 is 1.29 bits per heavy atom. The lowest BCUT2D eigenvalue weighted by Gasteiger charge is -2.22. The fraction of sp³-hybridized carbons (Fsp3) is 0.467. The van der Waals surface area contributed by atoms with Crippen LogP contribution in [0, 0.1) is 11.3 Å². The van der Waals surface area contributed by atoms with E-state index in [1.807, 2.05) is 6.07 Å². The maximum Gasteiger partial charge on any atom is 0.408 e. The molecule has 1 atom stereocenters. The highest BCUT2D eigenvalue weighted by molar-refractivity contribution is 5.69. The molecule has 0 fully saturated rings. The van der Waals surface area contributed by atoms with Crippen LogP contribution >= 0.6 is 0 Å². The van der Waals surface area contributed by atoms with E-state index in [2.05, 4.69) is 5.32 Å². The lowest BCUT2D eigenvalue weighted by atomic mass is 10.1. The summed E-state index contributed by atoms with van der Waals surface area (Å²) < 4.78 is 15.5. The Labute approximate surface area is 124 Å². The van der Waals surface area contributed by atoms with Crippen molar-refractivity contribution in [2.75, 3.05) is 14.2 Å². The van der Waals surface area contributed by atoms with E-state index in [0.29, 0.717) is 17.1 Å². The van der Waals surface area contributed by atoms with E-state index in [1.54, 1.807) is 39.0 Å². The minimum absolute atomic E-state index is 0.485. The molecular weight excluding hydrogens is 272 g/mol. The third-order valence-electron chi connectivity index (χ3n) is 2.54. The van der Waals surface area contributed by atoms with Gasteiger partial charge in [0.25, 0.3) is 0 Å². The molecule has 1 N–H and O–H groups in total. The summed E-state index contributed by atoms with van der Waals surface area (Å²) in [5, 5.41) is 11.8. The number of methoxy groups -OCH3 is 2. The fourth-order valence-electron chi connectivity index (χ4n) is 1.67. The first kappa shape index (κ1) is 16.6. The molecule has 1 amide bonds. The average molecular weight is 292 g/mol. The van der Waals surface area contributed by atoms with Crippen LogP contribution in [0.4, 0.5) is 4.79 Å². The monoisotopic (exact) mass is 292 g/mol. The minimum Gasteiger partial charge on any atom is -0.497 e. The van der Waals surface area contributed by atoms with E-state index in [0.717, 1.165) is 0 Å². The number of nitriles is 1. The molecule has 6 nitrogen and oxygen atoms in total. The number of carbonyl (C=O) groups excluding carboxylic acids is 1. The summed E-state index contributed by atoms with van der Waals surface area (Å²) in [6.07, 6.45) is -0.668. The number of nitrogens with one attached hydrogen (secondary N) is 1. The molecule has 0 aliphatic carbocycles. The largest absolute Gasteiger partial charge is 0.497 e. The first-order valence-corrected chi connectivity index (χ1v) is 6.41. The summed E-state index contributed by atoms with van der Waals surface area (Å²) in [5.74, 6) is 1.05. The van der Waals surface area contributed by atoms with Crippen LogP contribution in [0.25, 0.3) is 0 Å². The minimum atomic E-state index is -0.898. The maximum atomic E-state index is 11.8. The van der Waals surface area contributed by atoms with Gasteiger partial charge in [0.1, 0.15) is 23.1 Å². The highest BCUT2D eigenvalue weighted by atomic mass is 16.6. The van der Waals surface area contributed by atoms with Crippen molar-refractivity contribution in [2.45, 2.75) is 32.4 Å². The van der Waals surface area contributed by atoms with Gasteiger partial charge in [-0.25, -0.2) is 4.79 Å². The summed E-state index contributed by atoms with van der Waals surface area (Å²) in [5.41, 5.74) is -0.132. The van der Waals surface area contributed by atoms with Crippen LogP contribution in [-0.4, -0.2) is 25.9 Å². The molecule has 0 radical (unpaired) electrons. The van der Waals surface area contributed by atoms with Gasteiger partial charge in [-0.15, -0.1) is 0 Å². The van der Waals surface area contributed by atoms with E-state index in [9.17, 15) is 10.1 Å². The van der Waals surface area contributed by atoms with Crippen LogP contribution in [0.2, 0.25) is 0 Å². The second kappa shape index (κ2) is 6.84. The number of benzene rings is 1. The quantitative estimate of drug-likeness (QED) is 0.923. The van der Waals surface area contributed by atoms with Crippen molar-refractivity contribution in [3.8, 4) is 17.6 Å². The molecule has 0 aliphatic rings. The third-order valence-corrected chi connectivity index (χ3v) is 2.54. The molecule has 0 bridgehead atoms. The molecule has 21 heavy (non-hydrogen) atoms. The zero-order valence-corrected chi connectivity index (χ0v) is 12.9. The van der Waals surface area contributed by atoms with Gasteiger partial charge in [-0.1, -0.05) is 0 Å². The summed E-state index contributed by atoms with van der Waals surface area (Å²) >= 11 is 0. The lowest BCUT2D eigenvalue weighted by Crippen LogP contribution is -2.34. The predicted octanol–water partition coefficient (Wildman–Crippen LogP) is 2.79. The lowest BCUT2D eigenvalue weighted by molar-refractivity contribution is 0.0515. The normalized spacial score (nSPS) is 12.0. The van der Waals surface area contributed by atoms with Gasteiger partial charge in [-0.3, -0.25) is 0 Å². The molecule has 0 saturated heterocycles. The molecule has 1 unspecified atom stereocenters. The van der Waals surface area contributed by atoms with Gasteiger partial charge < -0.3 is 19.5 Å². The molecule has 0 spiro atoms. The van der Waals surface area contributed by atoms with E-state index in [1.165, 1.54) is 14.2 Å². The van der Waals surface area contributed by atoms with E-state index in [-0.39, 0.29) is 0 Å². The highest BCUT2D eigenvalue weighted by Gasteiger charge is 2.23. The summed E-state index contributed by atoms with van der Waals surface area (Å²) in [6.45, 7) is 5.25. The number of carbonyl (C=O) groups is 1. The Balaban J connectivity index is 3.00. The Morgan fingerprint density at radius 2 is 1.95 bits per heavy atom. The first-order chi connectivity index (χ1) is 9.80. The van der Waals surface area contributed by atoms with Crippen molar-refractivity contribution >= 4 is 6.09 Å². The molecule has 0 heterocycles. The van der Waals surface area contributed by atoms with Gasteiger partial charge in [0.2, 0.25) is 0 Å². The van der Waals surface area contributed by atoms with Crippen molar-refractivity contribution in [2.24, 2.45) is 0 Å². The van der Waals surface area contributed by atoms with Crippen molar-refractivity contribution in [1.82, 2.24) is 5.32 Å². The molecule has 0 saturated carbocycles. The van der Waals surface area contributed by atoms with Gasteiger partial charge in [0.15, 0.2) is 0 Å². The van der Waals surface area contributed by atoms with Gasteiger partial charge in [-0.05, 0) is 39.0 Å². The molecule has 0 aromatic heterocycles. The van der Waals surface area contributed by atoms with Gasteiger partial charge in [-0.2, -0.15) is 5.26 Å². The molecule has 0 aliphatic heterocycles. The van der Waals surface area contributed by atoms with Gasteiger partial charge >= 0.3 is 6.09 Å². The molecule has 114 valence electrons. The third kappa shape index (κ3) is 4.88. The Kier molecular flexibility index (Phi) is 5.42. The zero-order chi connectivity index (χ0) is 16.0. The van der Waals surface area contributed by atoms with Crippen LogP contribution in [0.1, 0.15) is 32.4 Å². The highest BCUT2D eigenvalue weighted by Crippen LogP contribution is 2.29. The number of nitrogens with zero attached hydrogens (tertiary/aromatic N) is 1. The van der Waals surface area contributed by atoms with Crippen molar-refractivity contribution in [1.29, 1.82) is 5.26 Å². The number of amides is 1. The predicted molar refractivity (Wildman–Crippen MR) is 77.3 cm³/mol. The van der Waals surface area contributed by atoms with Crippen molar-refractivity contribution in [3.05, 3.63) is 23.8 Å². The Bertz CT molecular complexity index is 544. The van der Waals surface area contributed by atoms with E-state index < -0.39 is 17.7 Å². The van der Waals surface area contributed by atoms with Crippen LogP contribution in [0.3, 0.4) is 0 Å². The summed E-state index contributed by atoms with van der Waals surface area (Å²) in [6, 6.07) is 6.15. The molecular formula is C15H20N2O4. The first-order valence-electron chi connectivity index (χ1n) is 6.41. The second-order valence-electron chi connectivity index (χ2n) is 5.32. The number of ether oxygens (including phenoxy) is 3. The standard InChI is InChI=1S/C15H20N2O4/c1-15(2,3)21-14(18)17-12(9-16)11-8-10(19-4)6-7-13(11)20-5/h6-8,12H,1-5H3,(H,17,18). The Hall–Kier alpha value is -2.42. The maximum absolute atomic E-state index is 11.8. The number of hydrogen-bond donors (Lipinski definition) is 1. The van der Waals surface area contributed by atoms with E-state index >= 15 is 0 Å². The fourth-order valence-corrected chi connectivity index (χ4v) is 1.67. The molecule has 6 heteroatoms. The molecule has 1 aromatic carbocycles. The number of rotatable bonds is 4. The van der Waals surface area contributed by atoms with E-state index in [4.69, 9.17) is 14.2 Å². The summed E-state index contributed by atoms with van der Waals surface area (Å²) in [7, 11) is 3.02. The van der Waals surface area contributed by atoms with Crippen LogP contribution in [-0.2, 0) is 4.74 Å². The Morgan fingerprint density at radius 3 is 2.43 bits per heavy atom. The summed E-state index contributed by atoms with van der Waals surface area (Å²) in [4.78, 5) is 11.8. The smallest absolute Gasteiger partial charge is 0.408 e. The SMILES string of the molecule is COc1ccc(OC)c(C(C#N)NC(=O)OC(C)(C)C)c1. The zero-order valence-electron chi connectivity index (χ0n) is 12.9. The number of hydrogen-bond acceptors (Lipinski definition) is 5.